The van der Waals surface area contributed by atoms with Gasteiger partial charge in [0.1, 0.15) is 5.15 Å². The van der Waals surface area contributed by atoms with Crippen molar-refractivity contribution in [2.75, 3.05) is 0 Å². The lowest BCUT2D eigenvalue weighted by atomic mass is 9.96. The molecule has 13 heavy (non-hydrogen) atoms. The fraction of sp³-hybridized carbons (Fsp3) is 0.545. The maximum Gasteiger partial charge on any atom is 0.129 e. The molecular formula is C11H16ClN. The maximum absolute atomic E-state index is 5.83. The van der Waals surface area contributed by atoms with Crippen molar-refractivity contribution in [2.24, 2.45) is 0 Å². The predicted molar refractivity (Wildman–Crippen MR) is 57.2 cm³/mol. The van der Waals surface area contributed by atoms with Crippen molar-refractivity contribution in [3.8, 4) is 0 Å². The molecule has 72 valence electrons. The SMILES string of the molecule is CCCC(CC)c1cccc(Cl)n1. The minimum Gasteiger partial charge on any atom is -0.241 e. The highest BCUT2D eigenvalue weighted by molar-refractivity contribution is 6.29. The number of aromatic nitrogens is 1. The molecular weight excluding hydrogens is 182 g/mol. The number of nitrogens with zero attached hydrogens (tertiary/aromatic N) is 1. The lowest BCUT2D eigenvalue weighted by Crippen LogP contribution is -1.99. The van der Waals surface area contributed by atoms with Crippen molar-refractivity contribution < 1.29 is 0 Å². The van der Waals surface area contributed by atoms with Crippen LogP contribution in [0.4, 0.5) is 0 Å². The van der Waals surface area contributed by atoms with Gasteiger partial charge in [-0.3, -0.25) is 0 Å². The molecule has 0 N–H and O–H groups in total. The van der Waals surface area contributed by atoms with Crippen LogP contribution in [0.5, 0.6) is 0 Å². The zero-order valence-corrected chi connectivity index (χ0v) is 9.01. The van der Waals surface area contributed by atoms with Gasteiger partial charge in [0, 0.05) is 11.6 Å². The second-order valence-electron chi connectivity index (χ2n) is 3.28. The van der Waals surface area contributed by atoms with Gasteiger partial charge in [0.25, 0.3) is 0 Å². The monoisotopic (exact) mass is 197 g/mol. The molecule has 1 atom stereocenters. The van der Waals surface area contributed by atoms with Crippen molar-refractivity contribution >= 4 is 11.6 Å². The van der Waals surface area contributed by atoms with Crippen LogP contribution < -0.4 is 0 Å². The molecule has 1 nitrogen and oxygen atoms in total. The Labute approximate surface area is 85.1 Å². The first kappa shape index (κ1) is 10.5. The van der Waals surface area contributed by atoms with E-state index in [1.807, 2.05) is 12.1 Å². The second-order valence-corrected chi connectivity index (χ2v) is 3.67. The topological polar surface area (TPSA) is 12.9 Å². The summed E-state index contributed by atoms with van der Waals surface area (Å²) in [7, 11) is 0. The normalized spacial score (nSPS) is 12.8. The van der Waals surface area contributed by atoms with Gasteiger partial charge in [0.05, 0.1) is 0 Å². The van der Waals surface area contributed by atoms with Crippen LogP contribution in [-0.2, 0) is 0 Å². The molecule has 2 heteroatoms. The van der Waals surface area contributed by atoms with E-state index in [1.165, 1.54) is 12.8 Å². The Bertz CT molecular complexity index is 260. The molecule has 0 aliphatic rings. The first-order valence-corrected chi connectivity index (χ1v) is 5.28. The molecule has 0 spiro atoms. The maximum atomic E-state index is 5.83. The minimum absolute atomic E-state index is 0.573. The number of hydrogen-bond acceptors (Lipinski definition) is 1. The van der Waals surface area contributed by atoms with Crippen LogP contribution in [0.1, 0.15) is 44.7 Å². The fourth-order valence-electron chi connectivity index (χ4n) is 1.56. The summed E-state index contributed by atoms with van der Waals surface area (Å²) < 4.78 is 0. The van der Waals surface area contributed by atoms with Gasteiger partial charge < -0.3 is 0 Å². The molecule has 0 saturated carbocycles. The molecule has 1 aromatic heterocycles. The van der Waals surface area contributed by atoms with E-state index in [1.54, 1.807) is 0 Å². The highest BCUT2D eigenvalue weighted by Crippen LogP contribution is 2.23. The first-order valence-electron chi connectivity index (χ1n) is 4.90. The van der Waals surface area contributed by atoms with Crippen molar-refractivity contribution in [1.29, 1.82) is 0 Å². The van der Waals surface area contributed by atoms with Gasteiger partial charge in [-0.25, -0.2) is 4.98 Å². The fourth-order valence-corrected chi connectivity index (χ4v) is 1.73. The first-order chi connectivity index (χ1) is 6.27. The Morgan fingerprint density at radius 1 is 1.38 bits per heavy atom. The van der Waals surface area contributed by atoms with Gasteiger partial charge in [-0.15, -0.1) is 0 Å². The zero-order valence-electron chi connectivity index (χ0n) is 8.26. The van der Waals surface area contributed by atoms with Crippen molar-refractivity contribution in [2.45, 2.75) is 39.0 Å². The molecule has 0 amide bonds. The quantitative estimate of drug-likeness (QED) is 0.665. The largest absolute Gasteiger partial charge is 0.241 e. The lowest BCUT2D eigenvalue weighted by molar-refractivity contribution is 0.581. The number of halogens is 1. The van der Waals surface area contributed by atoms with E-state index >= 15 is 0 Å². The predicted octanol–water partition coefficient (Wildman–Crippen LogP) is 4.03. The summed E-state index contributed by atoms with van der Waals surface area (Å²) in [5, 5.41) is 0.604. The van der Waals surface area contributed by atoms with Crippen LogP contribution >= 0.6 is 11.6 Å². The summed E-state index contributed by atoms with van der Waals surface area (Å²) in [4.78, 5) is 4.33. The van der Waals surface area contributed by atoms with E-state index in [0.29, 0.717) is 11.1 Å². The summed E-state index contributed by atoms with van der Waals surface area (Å²) in [6, 6.07) is 5.86. The summed E-state index contributed by atoms with van der Waals surface area (Å²) in [5.41, 5.74) is 1.14. The molecule has 1 aromatic rings. The Balaban J connectivity index is 2.78. The van der Waals surface area contributed by atoms with Crippen LogP contribution in [-0.4, -0.2) is 4.98 Å². The minimum atomic E-state index is 0.573. The Morgan fingerprint density at radius 3 is 2.69 bits per heavy atom. The van der Waals surface area contributed by atoms with E-state index in [-0.39, 0.29) is 0 Å². The summed E-state index contributed by atoms with van der Waals surface area (Å²) in [6.45, 7) is 4.40. The zero-order chi connectivity index (χ0) is 9.68. The van der Waals surface area contributed by atoms with Gasteiger partial charge in [-0.1, -0.05) is 37.9 Å². The van der Waals surface area contributed by atoms with E-state index in [2.05, 4.69) is 24.9 Å². The van der Waals surface area contributed by atoms with Gasteiger partial charge in [-0.05, 0) is 25.0 Å². The van der Waals surface area contributed by atoms with Gasteiger partial charge in [0.15, 0.2) is 0 Å². The lowest BCUT2D eigenvalue weighted by Gasteiger charge is -2.12. The second kappa shape index (κ2) is 5.23. The average Bonchev–Trinajstić information content (AvgIpc) is 2.14. The number of hydrogen-bond donors (Lipinski definition) is 0. The molecule has 0 aromatic carbocycles. The Hall–Kier alpha value is -0.560. The molecule has 0 aliphatic heterocycles. The van der Waals surface area contributed by atoms with E-state index in [0.717, 1.165) is 12.1 Å². The average molecular weight is 198 g/mol. The molecule has 0 aliphatic carbocycles. The summed E-state index contributed by atoms with van der Waals surface area (Å²) >= 11 is 5.83. The van der Waals surface area contributed by atoms with Gasteiger partial charge in [-0.2, -0.15) is 0 Å². The van der Waals surface area contributed by atoms with Gasteiger partial charge in [0.2, 0.25) is 0 Å². The summed E-state index contributed by atoms with van der Waals surface area (Å²) in [6.07, 6.45) is 3.54. The molecule has 1 heterocycles. The van der Waals surface area contributed by atoms with Crippen LogP contribution in [0.15, 0.2) is 18.2 Å². The third kappa shape index (κ3) is 3.00. The molecule has 1 unspecified atom stereocenters. The van der Waals surface area contributed by atoms with Crippen molar-refractivity contribution in [1.82, 2.24) is 4.98 Å². The van der Waals surface area contributed by atoms with Crippen molar-refractivity contribution in [3.05, 3.63) is 29.0 Å². The van der Waals surface area contributed by atoms with Crippen LogP contribution in [0.2, 0.25) is 5.15 Å². The van der Waals surface area contributed by atoms with E-state index < -0.39 is 0 Å². The van der Waals surface area contributed by atoms with Gasteiger partial charge >= 0.3 is 0 Å². The molecule has 0 radical (unpaired) electrons. The molecule has 0 saturated heterocycles. The third-order valence-electron chi connectivity index (χ3n) is 2.28. The Morgan fingerprint density at radius 2 is 2.15 bits per heavy atom. The number of rotatable bonds is 4. The molecule has 1 rings (SSSR count). The highest BCUT2D eigenvalue weighted by Gasteiger charge is 2.09. The standard InChI is InChI=1S/C11H16ClN/c1-3-6-9(4-2)10-7-5-8-11(12)13-10/h5,7-9H,3-4,6H2,1-2H3. The van der Waals surface area contributed by atoms with Crippen molar-refractivity contribution in [3.63, 3.8) is 0 Å². The smallest absolute Gasteiger partial charge is 0.129 e. The summed E-state index contributed by atoms with van der Waals surface area (Å²) in [5.74, 6) is 0.573. The number of pyridine rings is 1. The molecule has 0 bridgehead atoms. The highest BCUT2D eigenvalue weighted by atomic mass is 35.5. The van der Waals surface area contributed by atoms with Crippen LogP contribution in [0, 0.1) is 0 Å². The van der Waals surface area contributed by atoms with Crippen LogP contribution in [0.3, 0.4) is 0 Å². The third-order valence-corrected chi connectivity index (χ3v) is 2.50. The van der Waals surface area contributed by atoms with E-state index in [4.69, 9.17) is 11.6 Å². The Kier molecular flexibility index (Phi) is 4.23. The van der Waals surface area contributed by atoms with Crippen LogP contribution in [0.25, 0.3) is 0 Å². The van der Waals surface area contributed by atoms with E-state index in [9.17, 15) is 0 Å². The molecule has 0 fully saturated rings.